The first-order valence-corrected chi connectivity index (χ1v) is 7.74. The van der Waals surface area contributed by atoms with Gasteiger partial charge in [0.25, 0.3) is 0 Å². The lowest BCUT2D eigenvalue weighted by molar-refractivity contribution is 0.767. The van der Waals surface area contributed by atoms with Gasteiger partial charge in [-0.05, 0) is 18.2 Å². The van der Waals surface area contributed by atoms with Crippen molar-refractivity contribution in [2.75, 3.05) is 0 Å². The van der Waals surface area contributed by atoms with Crippen molar-refractivity contribution >= 4 is 34.6 Å². The number of benzene rings is 1. The van der Waals surface area contributed by atoms with Crippen molar-refractivity contribution in [1.29, 1.82) is 5.26 Å². The Morgan fingerprint density at radius 1 is 1.36 bits per heavy atom. The molecule has 4 nitrogen and oxygen atoms in total. The Balaban J connectivity index is 1.93. The highest BCUT2D eigenvalue weighted by molar-refractivity contribution is 7.11. The quantitative estimate of drug-likeness (QED) is 0.676. The summed E-state index contributed by atoms with van der Waals surface area (Å²) in [7, 11) is 1.84. The number of rotatable bonds is 3. The van der Waals surface area contributed by atoms with E-state index < -0.39 is 0 Å². The van der Waals surface area contributed by atoms with Crippen LogP contribution in [-0.4, -0.2) is 14.8 Å². The fourth-order valence-electron chi connectivity index (χ4n) is 1.97. The molecular weight excluding hydrogens is 316 g/mol. The van der Waals surface area contributed by atoms with Gasteiger partial charge in [-0.2, -0.15) is 10.4 Å². The molecule has 0 unspecified atom stereocenters. The second-order valence-electron chi connectivity index (χ2n) is 4.66. The first-order valence-electron chi connectivity index (χ1n) is 6.48. The zero-order valence-electron chi connectivity index (χ0n) is 11.7. The van der Waals surface area contributed by atoms with Crippen LogP contribution >= 0.6 is 22.9 Å². The van der Waals surface area contributed by atoms with Crippen LogP contribution in [0.25, 0.3) is 22.9 Å². The summed E-state index contributed by atoms with van der Waals surface area (Å²) in [6, 6.07) is 9.68. The average Bonchev–Trinajstić information content (AvgIpc) is 3.15. The zero-order valence-corrected chi connectivity index (χ0v) is 13.3. The van der Waals surface area contributed by atoms with Crippen LogP contribution in [0.1, 0.15) is 10.6 Å². The summed E-state index contributed by atoms with van der Waals surface area (Å²) in [6.45, 7) is 0. The Hall–Kier alpha value is -2.42. The SMILES string of the molecule is Cn1cc(/C=C(\C#N)c2nc(-c3ccc(Cl)cc3)cs2)cn1. The van der Waals surface area contributed by atoms with Crippen molar-refractivity contribution in [2.24, 2.45) is 7.05 Å². The topological polar surface area (TPSA) is 54.5 Å². The summed E-state index contributed by atoms with van der Waals surface area (Å²) >= 11 is 7.34. The summed E-state index contributed by atoms with van der Waals surface area (Å²) in [5.41, 5.74) is 3.22. The highest BCUT2D eigenvalue weighted by atomic mass is 35.5. The third kappa shape index (κ3) is 3.08. The minimum absolute atomic E-state index is 0.526. The number of aryl methyl sites for hydroxylation is 1. The monoisotopic (exact) mass is 326 g/mol. The molecule has 6 heteroatoms. The van der Waals surface area contributed by atoms with Crippen molar-refractivity contribution < 1.29 is 0 Å². The summed E-state index contributed by atoms with van der Waals surface area (Å²) < 4.78 is 1.70. The molecule has 108 valence electrons. The molecule has 0 atom stereocenters. The van der Waals surface area contributed by atoms with Crippen LogP contribution in [0.15, 0.2) is 42.0 Å². The normalized spacial score (nSPS) is 11.4. The van der Waals surface area contributed by atoms with Crippen LogP contribution in [0, 0.1) is 11.3 Å². The second-order valence-corrected chi connectivity index (χ2v) is 5.96. The second kappa shape index (κ2) is 6.14. The van der Waals surface area contributed by atoms with E-state index in [2.05, 4.69) is 16.2 Å². The number of nitriles is 1. The number of nitrogens with zero attached hydrogens (tertiary/aromatic N) is 4. The Morgan fingerprint density at radius 2 is 2.14 bits per heavy atom. The van der Waals surface area contributed by atoms with E-state index in [-0.39, 0.29) is 0 Å². The lowest BCUT2D eigenvalue weighted by atomic mass is 10.2. The van der Waals surface area contributed by atoms with E-state index in [1.807, 2.05) is 42.9 Å². The Kier molecular flexibility index (Phi) is 4.05. The third-order valence-corrected chi connectivity index (χ3v) is 4.16. The lowest BCUT2D eigenvalue weighted by Gasteiger charge is -1.96. The lowest BCUT2D eigenvalue weighted by Crippen LogP contribution is -1.84. The van der Waals surface area contributed by atoms with Gasteiger partial charge < -0.3 is 0 Å². The molecule has 0 spiro atoms. The Bertz CT molecular complexity index is 868. The summed E-state index contributed by atoms with van der Waals surface area (Å²) in [6.07, 6.45) is 5.35. The van der Waals surface area contributed by atoms with E-state index in [4.69, 9.17) is 11.6 Å². The molecule has 2 heterocycles. The first kappa shape index (κ1) is 14.5. The van der Waals surface area contributed by atoms with Crippen molar-refractivity contribution in [1.82, 2.24) is 14.8 Å². The molecule has 0 saturated heterocycles. The van der Waals surface area contributed by atoms with Gasteiger partial charge in [-0.25, -0.2) is 4.98 Å². The van der Waals surface area contributed by atoms with Crippen LogP contribution in [0.5, 0.6) is 0 Å². The van der Waals surface area contributed by atoms with E-state index in [1.165, 1.54) is 11.3 Å². The molecule has 0 radical (unpaired) electrons. The molecular formula is C16H11ClN4S. The van der Waals surface area contributed by atoms with Gasteiger partial charge in [0.1, 0.15) is 11.1 Å². The maximum absolute atomic E-state index is 9.37. The van der Waals surface area contributed by atoms with Crippen LogP contribution in [0.4, 0.5) is 0 Å². The molecule has 0 N–H and O–H groups in total. The van der Waals surface area contributed by atoms with Gasteiger partial charge in [0.05, 0.1) is 17.5 Å². The Morgan fingerprint density at radius 3 is 2.77 bits per heavy atom. The van der Waals surface area contributed by atoms with Gasteiger partial charge in [0.2, 0.25) is 0 Å². The maximum Gasteiger partial charge on any atom is 0.134 e. The minimum atomic E-state index is 0.526. The fraction of sp³-hybridized carbons (Fsp3) is 0.0625. The predicted octanol–water partition coefficient (Wildman–Crippen LogP) is 4.26. The van der Waals surface area contributed by atoms with E-state index in [9.17, 15) is 5.26 Å². The average molecular weight is 327 g/mol. The molecule has 3 aromatic rings. The zero-order chi connectivity index (χ0) is 15.5. The van der Waals surface area contributed by atoms with Crippen LogP contribution in [-0.2, 0) is 7.05 Å². The molecule has 0 amide bonds. The van der Waals surface area contributed by atoms with Crippen molar-refractivity contribution in [3.8, 4) is 17.3 Å². The molecule has 3 rings (SSSR count). The van der Waals surface area contributed by atoms with Gasteiger partial charge in [0.15, 0.2) is 0 Å². The standard InChI is InChI=1S/C16H11ClN4S/c1-21-9-11(8-19-21)6-13(7-18)16-20-15(10-22-16)12-2-4-14(17)5-3-12/h2-6,8-10H,1H3/b13-6+. The molecule has 0 aliphatic heterocycles. The van der Waals surface area contributed by atoms with Gasteiger partial charge in [0, 0.05) is 34.8 Å². The highest BCUT2D eigenvalue weighted by Crippen LogP contribution is 2.27. The molecule has 0 bridgehead atoms. The Labute approximate surface area is 136 Å². The van der Waals surface area contributed by atoms with Gasteiger partial charge >= 0.3 is 0 Å². The molecule has 0 fully saturated rings. The van der Waals surface area contributed by atoms with Crippen LogP contribution in [0.2, 0.25) is 5.02 Å². The highest BCUT2D eigenvalue weighted by Gasteiger charge is 2.09. The molecule has 0 saturated carbocycles. The van der Waals surface area contributed by atoms with Gasteiger partial charge in [-0.3, -0.25) is 4.68 Å². The fourth-order valence-corrected chi connectivity index (χ4v) is 2.89. The largest absolute Gasteiger partial charge is 0.275 e. The number of thiazole rings is 1. The van der Waals surface area contributed by atoms with Crippen molar-refractivity contribution in [3.63, 3.8) is 0 Å². The smallest absolute Gasteiger partial charge is 0.134 e. The number of aromatic nitrogens is 3. The van der Waals surface area contributed by atoms with Gasteiger partial charge in [-0.15, -0.1) is 11.3 Å². The molecule has 0 aliphatic rings. The van der Waals surface area contributed by atoms with Gasteiger partial charge in [-0.1, -0.05) is 23.7 Å². The molecule has 22 heavy (non-hydrogen) atoms. The van der Waals surface area contributed by atoms with Crippen LogP contribution < -0.4 is 0 Å². The maximum atomic E-state index is 9.37. The van der Waals surface area contributed by atoms with Crippen molar-refractivity contribution in [3.05, 3.63) is 57.6 Å². The summed E-state index contributed by atoms with van der Waals surface area (Å²) in [5, 5.41) is 16.8. The number of allylic oxidation sites excluding steroid dienone is 1. The number of halogens is 1. The summed E-state index contributed by atoms with van der Waals surface area (Å²) in [5.74, 6) is 0. The molecule has 1 aromatic carbocycles. The minimum Gasteiger partial charge on any atom is -0.275 e. The predicted molar refractivity (Wildman–Crippen MR) is 89.3 cm³/mol. The van der Waals surface area contributed by atoms with E-state index in [1.54, 1.807) is 17.0 Å². The van der Waals surface area contributed by atoms with E-state index in [0.717, 1.165) is 16.8 Å². The molecule has 0 aliphatic carbocycles. The van der Waals surface area contributed by atoms with Crippen molar-refractivity contribution in [2.45, 2.75) is 0 Å². The number of hydrogen-bond donors (Lipinski definition) is 0. The van der Waals surface area contributed by atoms with E-state index in [0.29, 0.717) is 15.6 Å². The van der Waals surface area contributed by atoms with Crippen LogP contribution in [0.3, 0.4) is 0 Å². The number of hydrogen-bond acceptors (Lipinski definition) is 4. The molecule has 2 aromatic heterocycles. The summed E-state index contributed by atoms with van der Waals surface area (Å²) in [4.78, 5) is 4.54. The first-order chi connectivity index (χ1) is 10.7. The van der Waals surface area contributed by atoms with E-state index >= 15 is 0 Å². The third-order valence-electron chi connectivity index (χ3n) is 3.03.